The number of nitrogens with zero attached hydrogens (tertiary/aromatic N) is 5. The van der Waals surface area contributed by atoms with E-state index in [1.54, 1.807) is 47.2 Å². The molecule has 30 heavy (non-hydrogen) atoms. The lowest BCUT2D eigenvalue weighted by Crippen LogP contribution is -2.48. The van der Waals surface area contributed by atoms with Crippen LogP contribution in [0.25, 0.3) is 0 Å². The average Bonchev–Trinajstić information content (AvgIpc) is 3.46. The average molecular weight is 444 g/mol. The molecular weight excluding hydrogens is 426 g/mol. The van der Waals surface area contributed by atoms with E-state index in [4.69, 9.17) is 0 Å². The number of hydrogen-bond donors (Lipinski definition) is 2. The molecule has 2 N–H and O–H groups in total. The van der Waals surface area contributed by atoms with E-state index < -0.39 is 23.4 Å². The maximum Gasteiger partial charge on any atom is 0.344 e. The number of rotatable bonds is 7. The molecule has 1 fully saturated rings. The van der Waals surface area contributed by atoms with Crippen molar-refractivity contribution in [2.24, 2.45) is 0 Å². The number of carbonyl (C=O) groups excluding carboxylic acids is 3. The molecule has 3 heterocycles. The van der Waals surface area contributed by atoms with Gasteiger partial charge >= 0.3 is 6.03 Å². The third kappa shape index (κ3) is 3.91. The first kappa shape index (κ1) is 20.0. The van der Waals surface area contributed by atoms with Gasteiger partial charge in [-0.1, -0.05) is 48.2 Å². The van der Waals surface area contributed by atoms with Gasteiger partial charge < -0.3 is 5.32 Å². The van der Waals surface area contributed by atoms with Crippen molar-refractivity contribution >= 4 is 40.9 Å². The van der Waals surface area contributed by atoms with Gasteiger partial charge in [-0.05, 0) is 34.4 Å². The number of thiophene rings is 1. The van der Waals surface area contributed by atoms with Crippen LogP contribution in [0.3, 0.4) is 0 Å². The summed E-state index contributed by atoms with van der Waals surface area (Å²) in [6.45, 7) is 2.10. The van der Waals surface area contributed by atoms with Gasteiger partial charge in [0.15, 0.2) is 0 Å². The molecule has 154 valence electrons. The number of nitrogens with one attached hydrogen (secondary N) is 2. The number of imide groups is 1. The minimum Gasteiger partial charge on any atom is -0.318 e. The van der Waals surface area contributed by atoms with Crippen molar-refractivity contribution in [1.82, 2.24) is 36.0 Å². The second-order valence-corrected chi connectivity index (χ2v) is 8.56. The van der Waals surface area contributed by atoms with Crippen LogP contribution >= 0.6 is 23.1 Å². The molecule has 0 radical (unpaired) electrons. The number of benzene rings is 1. The van der Waals surface area contributed by atoms with E-state index in [-0.39, 0.29) is 5.75 Å². The molecule has 1 saturated heterocycles. The number of tetrazole rings is 1. The maximum absolute atomic E-state index is 12.8. The van der Waals surface area contributed by atoms with Crippen molar-refractivity contribution in [2.75, 3.05) is 5.75 Å². The van der Waals surface area contributed by atoms with Crippen LogP contribution in [0.1, 0.15) is 17.4 Å². The predicted octanol–water partition coefficient (Wildman–Crippen LogP) is 1.37. The Morgan fingerprint density at radius 2 is 2.03 bits per heavy atom. The number of hydrogen-bond acceptors (Lipinski definition) is 8. The maximum atomic E-state index is 12.8. The first-order chi connectivity index (χ1) is 14.5. The third-order valence-electron chi connectivity index (χ3n) is 4.50. The molecule has 4 amide bonds. The van der Waals surface area contributed by atoms with Gasteiger partial charge in [0.2, 0.25) is 11.1 Å². The van der Waals surface area contributed by atoms with E-state index in [1.807, 2.05) is 23.6 Å². The molecule has 0 unspecified atom stereocenters. The van der Waals surface area contributed by atoms with Gasteiger partial charge in [-0.2, -0.15) is 5.01 Å². The van der Waals surface area contributed by atoms with Gasteiger partial charge in [-0.15, -0.1) is 16.4 Å². The van der Waals surface area contributed by atoms with Gasteiger partial charge in [0.25, 0.3) is 5.91 Å². The largest absolute Gasteiger partial charge is 0.344 e. The minimum absolute atomic E-state index is 0.0656. The first-order valence-corrected chi connectivity index (χ1v) is 10.8. The SMILES string of the molecule is C[C@@]1(c2ccccc2)NC(=O)N(NC(=O)CSc2nnnn2Cc2cccs2)C1=O. The summed E-state index contributed by atoms with van der Waals surface area (Å²) in [7, 11) is 0. The topological polar surface area (TPSA) is 122 Å². The fourth-order valence-electron chi connectivity index (χ4n) is 2.94. The lowest BCUT2D eigenvalue weighted by Gasteiger charge is -2.22. The van der Waals surface area contributed by atoms with Gasteiger partial charge in [0, 0.05) is 4.88 Å². The highest BCUT2D eigenvalue weighted by Gasteiger charge is 2.49. The molecule has 0 aliphatic carbocycles. The highest BCUT2D eigenvalue weighted by molar-refractivity contribution is 7.99. The number of aromatic nitrogens is 4. The summed E-state index contributed by atoms with van der Waals surface area (Å²) in [5.41, 5.74) is 1.75. The van der Waals surface area contributed by atoms with Crippen molar-refractivity contribution in [3.8, 4) is 0 Å². The second kappa shape index (κ2) is 8.24. The zero-order valence-electron chi connectivity index (χ0n) is 15.8. The van der Waals surface area contributed by atoms with Crippen LogP contribution in [-0.2, 0) is 21.7 Å². The van der Waals surface area contributed by atoms with E-state index in [0.29, 0.717) is 22.3 Å². The number of urea groups is 1. The van der Waals surface area contributed by atoms with E-state index in [1.165, 1.54) is 0 Å². The quantitative estimate of drug-likeness (QED) is 0.418. The van der Waals surface area contributed by atoms with Crippen LogP contribution in [0.2, 0.25) is 0 Å². The molecule has 0 spiro atoms. The van der Waals surface area contributed by atoms with Crippen LogP contribution in [-0.4, -0.2) is 48.8 Å². The first-order valence-electron chi connectivity index (χ1n) is 8.90. The lowest BCUT2D eigenvalue weighted by atomic mass is 9.92. The van der Waals surface area contributed by atoms with Crippen LogP contribution in [0, 0.1) is 0 Å². The summed E-state index contributed by atoms with van der Waals surface area (Å²) in [5, 5.41) is 17.3. The Kier molecular flexibility index (Phi) is 5.50. The highest BCUT2D eigenvalue weighted by atomic mass is 32.2. The number of thioether (sulfide) groups is 1. The molecule has 12 heteroatoms. The van der Waals surface area contributed by atoms with Crippen LogP contribution < -0.4 is 10.7 Å². The van der Waals surface area contributed by atoms with Gasteiger partial charge in [-0.3, -0.25) is 15.0 Å². The molecule has 1 aliphatic heterocycles. The minimum atomic E-state index is -1.25. The summed E-state index contributed by atoms with van der Waals surface area (Å²) in [6.07, 6.45) is 0. The number of hydrazine groups is 1. The van der Waals surface area contributed by atoms with Crippen molar-refractivity contribution in [3.63, 3.8) is 0 Å². The van der Waals surface area contributed by atoms with E-state index in [9.17, 15) is 14.4 Å². The molecular formula is C18H17N7O3S2. The Balaban J connectivity index is 1.37. The highest BCUT2D eigenvalue weighted by Crippen LogP contribution is 2.27. The summed E-state index contributed by atoms with van der Waals surface area (Å²) < 4.78 is 1.59. The van der Waals surface area contributed by atoms with Gasteiger partial charge in [-0.25, -0.2) is 9.48 Å². The number of amides is 4. The standard InChI is InChI=1S/C18H17N7O3S2/c1-18(12-6-3-2-4-7-12)15(27)25(16(28)19-18)21-14(26)11-30-17-20-22-23-24(17)10-13-8-5-9-29-13/h2-9H,10-11H2,1H3,(H,19,28)(H,21,26)/t18-/m0/s1. The molecule has 2 aromatic heterocycles. The van der Waals surface area contributed by atoms with Gasteiger partial charge in [0.05, 0.1) is 12.3 Å². The Labute approximate surface area is 179 Å². The van der Waals surface area contributed by atoms with Crippen LogP contribution in [0.15, 0.2) is 53.0 Å². The fourth-order valence-corrected chi connectivity index (χ4v) is 4.30. The molecule has 3 aromatic rings. The van der Waals surface area contributed by atoms with E-state index in [0.717, 1.165) is 16.6 Å². The molecule has 1 aliphatic rings. The molecule has 10 nitrogen and oxygen atoms in total. The Morgan fingerprint density at radius 3 is 2.77 bits per heavy atom. The fraction of sp³-hybridized carbons (Fsp3) is 0.222. The molecule has 1 aromatic carbocycles. The molecule has 1 atom stereocenters. The van der Waals surface area contributed by atoms with Crippen molar-refractivity contribution < 1.29 is 14.4 Å². The normalized spacial score (nSPS) is 18.5. The van der Waals surface area contributed by atoms with Crippen LogP contribution in [0.5, 0.6) is 0 Å². The lowest BCUT2D eigenvalue weighted by molar-refractivity contribution is -0.138. The van der Waals surface area contributed by atoms with Crippen molar-refractivity contribution in [1.29, 1.82) is 0 Å². The summed E-state index contributed by atoms with van der Waals surface area (Å²) >= 11 is 2.70. The Hall–Kier alpha value is -3.25. The molecule has 0 bridgehead atoms. The Morgan fingerprint density at radius 1 is 1.23 bits per heavy atom. The van der Waals surface area contributed by atoms with Gasteiger partial charge in [0.1, 0.15) is 5.54 Å². The Bertz CT molecular complexity index is 1070. The van der Waals surface area contributed by atoms with Crippen molar-refractivity contribution in [3.05, 3.63) is 58.3 Å². The summed E-state index contributed by atoms with van der Waals surface area (Å²) in [5.74, 6) is -1.14. The molecule has 0 saturated carbocycles. The van der Waals surface area contributed by atoms with E-state index in [2.05, 4.69) is 26.3 Å². The monoisotopic (exact) mass is 443 g/mol. The molecule has 4 rings (SSSR count). The smallest absolute Gasteiger partial charge is 0.318 e. The third-order valence-corrected chi connectivity index (χ3v) is 6.31. The second-order valence-electron chi connectivity index (χ2n) is 6.58. The zero-order chi connectivity index (χ0) is 21.1. The van der Waals surface area contributed by atoms with Crippen molar-refractivity contribution in [2.45, 2.75) is 24.2 Å². The zero-order valence-corrected chi connectivity index (χ0v) is 17.4. The van der Waals surface area contributed by atoms with E-state index >= 15 is 0 Å². The summed E-state index contributed by atoms with van der Waals surface area (Å²) in [6, 6.07) is 12.1. The van der Waals surface area contributed by atoms with Crippen LogP contribution in [0.4, 0.5) is 4.79 Å². The number of carbonyl (C=O) groups is 3. The predicted molar refractivity (Wildman–Crippen MR) is 109 cm³/mol. The summed E-state index contributed by atoms with van der Waals surface area (Å²) in [4.78, 5) is 38.6.